The van der Waals surface area contributed by atoms with Crippen molar-refractivity contribution >= 4 is 34.7 Å². The van der Waals surface area contributed by atoms with E-state index in [1.165, 1.54) is 18.4 Å². The Morgan fingerprint density at radius 1 is 1.12 bits per heavy atom. The second-order valence-electron chi connectivity index (χ2n) is 7.22. The number of methoxy groups -OCH3 is 1. The first kappa shape index (κ1) is 22.3. The van der Waals surface area contributed by atoms with Gasteiger partial charge in [-0.2, -0.15) is 0 Å². The van der Waals surface area contributed by atoms with Crippen LogP contribution in [0.4, 0.5) is 10.5 Å². The number of esters is 1. The van der Waals surface area contributed by atoms with Crippen LogP contribution in [0.1, 0.15) is 16.1 Å². The van der Waals surface area contributed by atoms with Gasteiger partial charge in [-0.1, -0.05) is 53.7 Å². The minimum absolute atomic E-state index is 0.223. The van der Waals surface area contributed by atoms with Gasteiger partial charge >= 0.3 is 12.0 Å². The summed E-state index contributed by atoms with van der Waals surface area (Å²) in [4.78, 5) is 29.7. The summed E-state index contributed by atoms with van der Waals surface area (Å²) in [5.74, 6) is 0.279. The number of hydrogen-bond donors (Lipinski definition) is 2. The minimum Gasteiger partial charge on any atom is -0.489 e. The fraction of sp³-hybridized carbons (Fsp3) is 0.208. The second kappa shape index (κ2) is 10.6. The lowest BCUT2D eigenvalue weighted by molar-refractivity contribution is 0.0472. The third-order valence-electron chi connectivity index (χ3n) is 4.93. The van der Waals surface area contributed by atoms with Gasteiger partial charge in [0.2, 0.25) is 0 Å². The number of carbonyl (C=O) groups is 2. The monoisotopic (exact) mass is 465 g/mol. The Morgan fingerprint density at radius 2 is 1.91 bits per heavy atom. The third-order valence-corrected chi connectivity index (χ3v) is 5.82. The fourth-order valence-electron chi connectivity index (χ4n) is 3.32. The molecule has 170 valence electrons. The van der Waals surface area contributed by atoms with Gasteiger partial charge in [0, 0.05) is 12.0 Å². The Morgan fingerprint density at radius 3 is 2.73 bits per heavy atom. The molecule has 1 aliphatic rings. The highest BCUT2D eigenvalue weighted by Gasteiger charge is 2.23. The van der Waals surface area contributed by atoms with Crippen LogP contribution in [0.3, 0.4) is 0 Å². The van der Waals surface area contributed by atoms with Crippen molar-refractivity contribution < 1.29 is 23.9 Å². The highest BCUT2D eigenvalue weighted by atomic mass is 32.1. The van der Waals surface area contributed by atoms with Gasteiger partial charge in [0.15, 0.2) is 6.10 Å². The zero-order valence-corrected chi connectivity index (χ0v) is 18.8. The number of para-hydroxylation sites is 1. The molecule has 2 heterocycles. The molecule has 1 atom stereocenters. The molecule has 9 heteroatoms. The van der Waals surface area contributed by atoms with E-state index in [1.807, 2.05) is 54.6 Å². The van der Waals surface area contributed by atoms with E-state index in [0.717, 1.165) is 16.9 Å². The molecule has 0 radical (unpaired) electrons. The van der Waals surface area contributed by atoms with Crippen molar-refractivity contribution in [3.05, 3.63) is 70.9 Å². The van der Waals surface area contributed by atoms with Crippen molar-refractivity contribution in [1.29, 1.82) is 0 Å². The molecule has 1 unspecified atom stereocenters. The highest BCUT2D eigenvalue weighted by molar-refractivity contribution is 7.12. The maximum atomic E-state index is 12.2. The van der Waals surface area contributed by atoms with Crippen molar-refractivity contribution in [2.75, 3.05) is 25.6 Å². The van der Waals surface area contributed by atoms with Gasteiger partial charge in [-0.05, 0) is 23.1 Å². The Kier molecular flexibility index (Phi) is 7.21. The van der Waals surface area contributed by atoms with E-state index in [-0.39, 0.29) is 12.6 Å². The van der Waals surface area contributed by atoms with Gasteiger partial charge < -0.3 is 24.9 Å². The van der Waals surface area contributed by atoms with Gasteiger partial charge in [-0.15, -0.1) is 11.3 Å². The molecule has 33 heavy (non-hydrogen) atoms. The minimum atomic E-state index is -0.495. The summed E-state index contributed by atoms with van der Waals surface area (Å²) in [6.07, 6.45) is 0.302. The van der Waals surface area contributed by atoms with Gasteiger partial charge in [-0.3, -0.25) is 0 Å². The number of rotatable bonds is 8. The van der Waals surface area contributed by atoms with Crippen LogP contribution in [0.2, 0.25) is 0 Å². The maximum absolute atomic E-state index is 12.2. The van der Waals surface area contributed by atoms with Crippen LogP contribution in [0.5, 0.6) is 5.75 Å². The van der Waals surface area contributed by atoms with Gasteiger partial charge in [0.05, 0.1) is 25.1 Å². The zero-order chi connectivity index (χ0) is 23.0. The summed E-state index contributed by atoms with van der Waals surface area (Å²) in [6, 6.07) is 19.1. The molecule has 1 aliphatic heterocycles. The molecule has 0 saturated heterocycles. The van der Waals surface area contributed by atoms with E-state index in [2.05, 4.69) is 15.8 Å². The molecule has 0 saturated carbocycles. The molecule has 0 aliphatic carbocycles. The lowest BCUT2D eigenvalue weighted by Crippen LogP contribution is -2.33. The van der Waals surface area contributed by atoms with Crippen LogP contribution in [0.25, 0.3) is 11.1 Å². The van der Waals surface area contributed by atoms with Crippen molar-refractivity contribution in [1.82, 2.24) is 5.32 Å². The molecular weight excluding hydrogens is 442 g/mol. The number of urea groups is 1. The Bertz CT molecular complexity index is 1150. The first-order chi connectivity index (χ1) is 16.1. The van der Waals surface area contributed by atoms with Crippen LogP contribution in [-0.4, -0.2) is 44.1 Å². The number of carbonyl (C=O) groups excluding carboxylic acids is 2. The molecule has 2 amide bonds. The number of hydrogen-bond acceptors (Lipinski definition) is 7. The number of nitrogens with zero attached hydrogens (tertiary/aromatic N) is 1. The zero-order valence-electron chi connectivity index (χ0n) is 17.9. The number of nitrogens with one attached hydrogen (secondary N) is 2. The van der Waals surface area contributed by atoms with Gasteiger partial charge in [-0.25, -0.2) is 9.59 Å². The first-order valence-electron chi connectivity index (χ1n) is 10.3. The van der Waals surface area contributed by atoms with E-state index in [1.54, 1.807) is 11.4 Å². The topological polar surface area (TPSA) is 98.2 Å². The lowest BCUT2D eigenvalue weighted by Gasteiger charge is -2.14. The number of benzene rings is 2. The lowest BCUT2D eigenvalue weighted by atomic mass is 10.0. The Labute approximate surface area is 195 Å². The molecule has 2 aromatic carbocycles. The highest BCUT2D eigenvalue weighted by Crippen LogP contribution is 2.30. The summed E-state index contributed by atoms with van der Waals surface area (Å²) >= 11 is 1.20. The number of amides is 2. The summed E-state index contributed by atoms with van der Waals surface area (Å²) in [5, 5.41) is 11.1. The summed E-state index contributed by atoms with van der Waals surface area (Å²) in [6.45, 7) is 0.557. The van der Waals surface area contributed by atoms with E-state index in [4.69, 9.17) is 14.3 Å². The SMILES string of the molecule is COC(=O)c1sccc1NC(=O)NCC1=NOC(COc2ccccc2-c2ccccc2)C1. The van der Waals surface area contributed by atoms with E-state index in [9.17, 15) is 9.59 Å². The standard InChI is InChI=1S/C24H23N3O5S/c1-30-23(28)22-20(11-12-33-22)26-24(29)25-14-17-13-18(32-27-17)15-31-21-10-6-5-9-19(21)16-7-3-2-4-8-16/h2-12,18H,13-15H2,1H3,(H2,25,26,29). The Balaban J connectivity index is 1.24. The fourth-order valence-corrected chi connectivity index (χ4v) is 4.08. The molecule has 1 aromatic heterocycles. The quantitative estimate of drug-likeness (QED) is 0.476. The number of anilines is 1. The normalized spacial score (nSPS) is 14.7. The summed E-state index contributed by atoms with van der Waals surface area (Å²) in [7, 11) is 1.30. The van der Waals surface area contributed by atoms with Crippen LogP contribution in [0, 0.1) is 0 Å². The molecule has 0 bridgehead atoms. The summed E-state index contributed by atoms with van der Waals surface area (Å²) in [5.41, 5.74) is 3.19. The molecule has 0 fully saturated rings. The van der Waals surface area contributed by atoms with Crippen LogP contribution in [0.15, 0.2) is 71.2 Å². The number of thiophene rings is 1. The summed E-state index contributed by atoms with van der Waals surface area (Å²) < 4.78 is 10.7. The molecule has 4 rings (SSSR count). The molecule has 2 N–H and O–H groups in total. The van der Waals surface area contributed by atoms with Crippen LogP contribution < -0.4 is 15.4 Å². The smallest absolute Gasteiger partial charge is 0.350 e. The average molecular weight is 466 g/mol. The van der Waals surface area contributed by atoms with Crippen molar-refractivity contribution in [2.24, 2.45) is 5.16 Å². The second-order valence-corrected chi connectivity index (χ2v) is 8.14. The van der Waals surface area contributed by atoms with Crippen molar-refractivity contribution in [2.45, 2.75) is 12.5 Å². The van der Waals surface area contributed by atoms with Crippen LogP contribution in [-0.2, 0) is 9.57 Å². The molecule has 3 aromatic rings. The Hall–Kier alpha value is -3.85. The largest absolute Gasteiger partial charge is 0.489 e. The third kappa shape index (κ3) is 5.69. The van der Waals surface area contributed by atoms with Crippen molar-refractivity contribution in [3.8, 4) is 16.9 Å². The van der Waals surface area contributed by atoms with E-state index >= 15 is 0 Å². The number of ether oxygens (including phenoxy) is 2. The number of oxime groups is 1. The van der Waals surface area contributed by atoms with E-state index < -0.39 is 12.0 Å². The van der Waals surface area contributed by atoms with E-state index in [0.29, 0.717) is 29.3 Å². The molecule has 8 nitrogen and oxygen atoms in total. The predicted octanol–water partition coefficient (Wildman–Crippen LogP) is 4.55. The predicted molar refractivity (Wildman–Crippen MR) is 127 cm³/mol. The van der Waals surface area contributed by atoms with Gasteiger partial charge in [0.25, 0.3) is 0 Å². The van der Waals surface area contributed by atoms with Crippen LogP contribution >= 0.6 is 11.3 Å². The maximum Gasteiger partial charge on any atom is 0.350 e. The van der Waals surface area contributed by atoms with Gasteiger partial charge in [0.1, 0.15) is 17.2 Å². The average Bonchev–Trinajstić information content (AvgIpc) is 3.51. The van der Waals surface area contributed by atoms with Crippen molar-refractivity contribution in [3.63, 3.8) is 0 Å². The molecule has 0 spiro atoms. The molecular formula is C24H23N3O5S. The first-order valence-corrected chi connectivity index (χ1v) is 11.2.